The van der Waals surface area contributed by atoms with Crippen LogP contribution in [0.5, 0.6) is 5.75 Å². The Kier molecular flexibility index (Phi) is 8.45. The molecule has 1 fully saturated rings. The lowest BCUT2D eigenvalue weighted by atomic mass is 10.1. The molecule has 1 saturated heterocycles. The van der Waals surface area contributed by atoms with Crippen LogP contribution in [0.25, 0.3) is 6.08 Å². The van der Waals surface area contributed by atoms with Crippen LogP contribution in [0.4, 0.5) is 0 Å². The van der Waals surface area contributed by atoms with Gasteiger partial charge in [-0.05, 0) is 60.5 Å². The number of hydrazine groups is 1. The molecule has 8 heteroatoms. The van der Waals surface area contributed by atoms with Crippen molar-refractivity contribution >= 4 is 23.8 Å². The number of ether oxygens (including phenoxy) is 1. The molecule has 4 rings (SSSR count). The zero-order valence-electron chi connectivity index (χ0n) is 20.8. The molecule has 190 valence electrons. The van der Waals surface area contributed by atoms with E-state index in [1.54, 1.807) is 61.5 Å². The summed E-state index contributed by atoms with van der Waals surface area (Å²) in [6, 6.07) is 23.7. The van der Waals surface area contributed by atoms with E-state index in [0.717, 1.165) is 38.3 Å². The van der Waals surface area contributed by atoms with Crippen LogP contribution in [0, 0.1) is 5.41 Å². The van der Waals surface area contributed by atoms with Crippen molar-refractivity contribution in [3.05, 3.63) is 107 Å². The van der Waals surface area contributed by atoms with Crippen LogP contribution in [-0.4, -0.2) is 53.8 Å². The van der Waals surface area contributed by atoms with Gasteiger partial charge in [0.1, 0.15) is 11.6 Å². The number of carbonyl (C=O) groups is 2. The fourth-order valence-corrected chi connectivity index (χ4v) is 3.99. The van der Waals surface area contributed by atoms with Crippen LogP contribution in [0.2, 0.25) is 0 Å². The lowest BCUT2D eigenvalue weighted by Crippen LogP contribution is -2.53. The van der Waals surface area contributed by atoms with E-state index >= 15 is 0 Å². The number of hydrogen-bond donors (Lipinski definition) is 3. The van der Waals surface area contributed by atoms with Gasteiger partial charge in [0.2, 0.25) is 0 Å². The van der Waals surface area contributed by atoms with Crippen molar-refractivity contribution in [2.45, 2.75) is 13.5 Å². The molecule has 0 radical (unpaired) electrons. The smallest absolute Gasteiger partial charge is 0.343 e. The first-order chi connectivity index (χ1) is 17.9. The van der Waals surface area contributed by atoms with Gasteiger partial charge in [-0.1, -0.05) is 42.5 Å². The van der Waals surface area contributed by atoms with Gasteiger partial charge in [-0.25, -0.2) is 9.80 Å². The average Bonchev–Trinajstić information content (AvgIpc) is 2.91. The summed E-state index contributed by atoms with van der Waals surface area (Å²) < 4.78 is 5.38. The van der Waals surface area contributed by atoms with Crippen molar-refractivity contribution in [1.29, 1.82) is 5.41 Å². The highest BCUT2D eigenvalue weighted by atomic mass is 16.5. The third-order valence-electron chi connectivity index (χ3n) is 6.14. The quantitative estimate of drug-likeness (QED) is 0.145. The molecular weight excluding hydrogens is 466 g/mol. The zero-order valence-corrected chi connectivity index (χ0v) is 20.8. The van der Waals surface area contributed by atoms with Gasteiger partial charge in [0.05, 0.1) is 5.56 Å². The fraction of sp³-hybridized carbons (Fsp3) is 0.207. The summed E-state index contributed by atoms with van der Waals surface area (Å²) in [5.74, 6) is -0.319. The van der Waals surface area contributed by atoms with Crippen LogP contribution in [0.1, 0.15) is 34.0 Å². The Morgan fingerprint density at radius 1 is 0.919 bits per heavy atom. The minimum absolute atomic E-state index is 0.0492. The second-order valence-corrected chi connectivity index (χ2v) is 8.97. The first kappa shape index (κ1) is 25.8. The van der Waals surface area contributed by atoms with Gasteiger partial charge >= 0.3 is 5.97 Å². The van der Waals surface area contributed by atoms with Crippen LogP contribution >= 0.6 is 0 Å². The second-order valence-electron chi connectivity index (χ2n) is 8.97. The summed E-state index contributed by atoms with van der Waals surface area (Å²) in [5, 5.41) is 9.38. The molecule has 0 bridgehead atoms. The monoisotopic (exact) mass is 497 g/mol. The number of rotatable bonds is 8. The number of esters is 1. The van der Waals surface area contributed by atoms with Crippen molar-refractivity contribution in [3.63, 3.8) is 0 Å². The minimum Gasteiger partial charge on any atom is -0.423 e. The highest BCUT2D eigenvalue weighted by Gasteiger charge is 2.19. The Bertz CT molecular complexity index is 1260. The third-order valence-corrected chi connectivity index (χ3v) is 6.14. The molecule has 37 heavy (non-hydrogen) atoms. The molecule has 0 unspecified atom stereocenters. The van der Waals surface area contributed by atoms with E-state index in [1.807, 2.05) is 11.1 Å². The lowest BCUT2D eigenvalue weighted by Gasteiger charge is -2.34. The van der Waals surface area contributed by atoms with Crippen molar-refractivity contribution in [1.82, 2.24) is 15.3 Å². The summed E-state index contributed by atoms with van der Waals surface area (Å²) in [5.41, 5.74) is 12.1. The highest BCUT2D eigenvalue weighted by molar-refractivity contribution is 5.97. The standard InChI is InChI=1S/C29H31N5O3/c1-21(28(35)32-34-17-15-33(16-18-34)20-23-5-3-2-4-6-23)19-22-7-9-25(10-8-22)29(36)37-26-13-11-24(12-14-26)27(30)31/h2-14,19H,15-18,20H2,1H3,(H3,30,31)(H,32,35). The molecule has 0 spiro atoms. The van der Waals surface area contributed by atoms with E-state index in [1.165, 1.54) is 5.56 Å². The SMILES string of the molecule is CC(=Cc1ccc(C(=O)Oc2ccc(C(=N)N)cc2)cc1)C(=O)NN1CCN(Cc2ccccc2)CC1. The number of nitrogens with one attached hydrogen (secondary N) is 2. The number of piperazine rings is 1. The third kappa shape index (κ3) is 7.36. The van der Waals surface area contributed by atoms with Gasteiger partial charge < -0.3 is 10.5 Å². The van der Waals surface area contributed by atoms with Crippen LogP contribution in [0.3, 0.4) is 0 Å². The number of benzene rings is 3. The lowest BCUT2D eigenvalue weighted by molar-refractivity contribution is -0.122. The molecule has 1 aliphatic heterocycles. The Morgan fingerprint density at radius 2 is 1.54 bits per heavy atom. The molecule has 1 heterocycles. The molecule has 3 aromatic rings. The van der Waals surface area contributed by atoms with Gasteiger partial charge in [0.15, 0.2) is 0 Å². The van der Waals surface area contributed by atoms with Gasteiger partial charge in [0, 0.05) is 43.9 Å². The van der Waals surface area contributed by atoms with E-state index in [2.05, 4.69) is 34.6 Å². The molecule has 1 aliphatic rings. The minimum atomic E-state index is -0.494. The fourth-order valence-electron chi connectivity index (χ4n) is 3.99. The Balaban J connectivity index is 1.26. The first-order valence-corrected chi connectivity index (χ1v) is 12.1. The molecular formula is C29H31N5O3. The van der Waals surface area contributed by atoms with Gasteiger partial charge in [-0.2, -0.15) is 0 Å². The Hall–Kier alpha value is -4.27. The van der Waals surface area contributed by atoms with E-state index in [9.17, 15) is 9.59 Å². The summed E-state index contributed by atoms with van der Waals surface area (Å²) in [6.07, 6.45) is 1.79. The van der Waals surface area contributed by atoms with Crippen molar-refractivity contribution in [2.24, 2.45) is 5.73 Å². The molecule has 0 aromatic heterocycles. The number of hydrogen-bond acceptors (Lipinski definition) is 6. The second kappa shape index (κ2) is 12.1. The normalized spacial score (nSPS) is 14.7. The topological polar surface area (TPSA) is 112 Å². The summed E-state index contributed by atoms with van der Waals surface area (Å²) in [7, 11) is 0. The van der Waals surface area contributed by atoms with Crippen molar-refractivity contribution < 1.29 is 14.3 Å². The average molecular weight is 498 g/mol. The molecule has 4 N–H and O–H groups in total. The predicted molar refractivity (Wildman–Crippen MR) is 144 cm³/mol. The maximum absolute atomic E-state index is 12.7. The zero-order chi connectivity index (χ0) is 26.2. The van der Waals surface area contributed by atoms with Gasteiger partial charge in [-0.15, -0.1) is 0 Å². The number of amidine groups is 1. The van der Waals surface area contributed by atoms with E-state index in [4.69, 9.17) is 15.9 Å². The van der Waals surface area contributed by atoms with Gasteiger partial charge in [-0.3, -0.25) is 20.5 Å². The van der Waals surface area contributed by atoms with Crippen LogP contribution in [-0.2, 0) is 11.3 Å². The highest BCUT2D eigenvalue weighted by Crippen LogP contribution is 2.16. The van der Waals surface area contributed by atoms with E-state index in [0.29, 0.717) is 22.4 Å². The summed E-state index contributed by atoms with van der Waals surface area (Å²) in [4.78, 5) is 27.5. The van der Waals surface area contributed by atoms with Crippen molar-refractivity contribution in [3.8, 4) is 5.75 Å². The number of nitrogen functional groups attached to an aromatic ring is 1. The number of amides is 1. The van der Waals surface area contributed by atoms with E-state index in [-0.39, 0.29) is 11.7 Å². The molecule has 0 saturated carbocycles. The molecule has 3 aromatic carbocycles. The van der Waals surface area contributed by atoms with Gasteiger partial charge in [0.25, 0.3) is 5.91 Å². The number of nitrogens with zero attached hydrogens (tertiary/aromatic N) is 2. The number of carbonyl (C=O) groups excluding carboxylic acids is 2. The largest absolute Gasteiger partial charge is 0.423 e. The maximum Gasteiger partial charge on any atom is 0.343 e. The Labute approximate surface area is 216 Å². The van der Waals surface area contributed by atoms with Crippen molar-refractivity contribution in [2.75, 3.05) is 26.2 Å². The Morgan fingerprint density at radius 3 is 2.16 bits per heavy atom. The summed E-state index contributed by atoms with van der Waals surface area (Å²) >= 11 is 0. The van der Waals surface area contributed by atoms with Crippen LogP contribution < -0.4 is 15.9 Å². The molecule has 0 aliphatic carbocycles. The first-order valence-electron chi connectivity index (χ1n) is 12.1. The van der Waals surface area contributed by atoms with Crippen LogP contribution in [0.15, 0.2) is 84.4 Å². The predicted octanol–water partition coefficient (Wildman–Crippen LogP) is 3.44. The molecule has 8 nitrogen and oxygen atoms in total. The van der Waals surface area contributed by atoms with E-state index < -0.39 is 5.97 Å². The summed E-state index contributed by atoms with van der Waals surface area (Å²) in [6.45, 7) is 5.98. The molecule has 0 atom stereocenters. The number of nitrogens with two attached hydrogens (primary N) is 1. The molecule has 1 amide bonds. The maximum atomic E-state index is 12.7.